The molecule has 0 aliphatic heterocycles. The molecule has 138 valence electrons. The van der Waals surface area contributed by atoms with Gasteiger partial charge in [0.1, 0.15) is 5.75 Å². The van der Waals surface area contributed by atoms with E-state index in [1.807, 2.05) is 0 Å². The molecule has 0 aliphatic carbocycles. The molecule has 0 aliphatic rings. The van der Waals surface area contributed by atoms with Gasteiger partial charge in [-0.25, -0.2) is 0 Å². The van der Waals surface area contributed by atoms with Crippen LogP contribution in [0.15, 0.2) is 48.5 Å². The number of aromatic nitrogens is 4. The summed E-state index contributed by atoms with van der Waals surface area (Å²) < 4.78 is 5.49. The lowest BCUT2D eigenvalue weighted by molar-refractivity contribution is -0.118. The van der Waals surface area contributed by atoms with Crippen molar-refractivity contribution in [3.8, 4) is 17.1 Å². The third-order valence-corrected chi connectivity index (χ3v) is 3.46. The van der Waals surface area contributed by atoms with Crippen molar-refractivity contribution in [3.05, 3.63) is 48.5 Å². The van der Waals surface area contributed by atoms with Gasteiger partial charge in [-0.3, -0.25) is 9.59 Å². The maximum atomic E-state index is 12.1. The molecule has 0 saturated carbocycles. The van der Waals surface area contributed by atoms with Gasteiger partial charge in [-0.05, 0) is 47.7 Å². The molecular weight excluding hydrogens is 348 g/mol. The van der Waals surface area contributed by atoms with Crippen molar-refractivity contribution < 1.29 is 14.3 Å². The molecule has 0 radical (unpaired) electrons. The van der Waals surface area contributed by atoms with Gasteiger partial charge in [0.25, 0.3) is 5.91 Å². The molecular formula is C18H18N6O3. The van der Waals surface area contributed by atoms with E-state index in [0.29, 0.717) is 22.9 Å². The number of nitrogens with zero attached hydrogens (tertiary/aromatic N) is 4. The van der Waals surface area contributed by atoms with Crippen LogP contribution in [-0.2, 0) is 16.6 Å². The van der Waals surface area contributed by atoms with Crippen LogP contribution in [0.1, 0.15) is 6.92 Å². The average molecular weight is 366 g/mol. The van der Waals surface area contributed by atoms with Crippen molar-refractivity contribution in [2.24, 2.45) is 7.05 Å². The smallest absolute Gasteiger partial charge is 0.262 e. The predicted octanol–water partition coefficient (Wildman–Crippen LogP) is 1.85. The summed E-state index contributed by atoms with van der Waals surface area (Å²) in [4.78, 5) is 24.5. The summed E-state index contributed by atoms with van der Waals surface area (Å²) in [7, 11) is 1.69. The average Bonchev–Trinajstić information content (AvgIpc) is 3.06. The molecule has 2 aromatic carbocycles. The molecule has 2 N–H and O–H groups in total. The van der Waals surface area contributed by atoms with E-state index in [-0.39, 0.29) is 18.4 Å². The zero-order valence-corrected chi connectivity index (χ0v) is 14.8. The van der Waals surface area contributed by atoms with E-state index in [2.05, 4.69) is 26.0 Å². The van der Waals surface area contributed by atoms with Crippen molar-refractivity contribution in [1.29, 1.82) is 0 Å². The molecule has 2 amide bonds. The van der Waals surface area contributed by atoms with Crippen LogP contribution < -0.4 is 15.4 Å². The lowest BCUT2D eigenvalue weighted by Crippen LogP contribution is -2.20. The van der Waals surface area contributed by atoms with E-state index in [0.717, 1.165) is 5.56 Å². The predicted molar refractivity (Wildman–Crippen MR) is 99.1 cm³/mol. The summed E-state index contributed by atoms with van der Waals surface area (Å²) >= 11 is 0. The van der Waals surface area contributed by atoms with Gasteiger partial charge in [0.2, 0.25) is 11.7 Å². The molecule has 0 unspecified atom stereocenters. The van der Waals surface area contributed by atoms with Crippen molar-refractivity contribution in [2.45, 2.75) is 6.92 Å². The Morgan fingerprint density at radius 1 is 1.07 bits per heavy atom. The minimum Gasteiger partial charge on any atom is -0.484 e. The highest BCUT2D eigenvalue weighted by atomic mass is 16.5. The molecule has 1 heterocycles. The first-order valence-electron chi connectivity index (χ1n) is 8.14. The molecule has 0 fully saturated rings. The Kier molecular flexibility index (Phi) is 5.41. The van der Waals surface area contributed by atoms with Crippen molar-refractivity contribution >= 4 is 23.2 Å². The number of aryl methyl sites for hydroxylation is 1. The lowest BCUT2D eigenvalue weighted by Gasteiger charge is -2.09. The number of rotatable bonds is 6. The SMILES string of the molecule is CC(=O)Nc1cccc(NC(=O)COc2ccc(-c3nnn(C)n3)cc2)c1. The maximum absolute atomic E-state index is 12.1. The molecule has 0 atom stereocenters. The molecule has 3 rings (SSSR count). The van der Waals surface area contributed by atoms with E-state index in [4.69, 9.17) is 4.74 Å². The normalized spacial score (nSPS) is 10.3. The third kappa shape index (κ3) is 5.11. The van der Waals surface area contributed by atoms with Gasteiger partial charge in [-0.1, -0.05) is 6.07 Å². The highest BCUT2D eigenvalue weighted by molar-refractivity contribution is 5.94. The molecule has 9 heteroatoms. The molecule has 27 heavy (non-hydrogen) atoms. The van der Waals surface area contributed by atoms with Crippen molar-refractivity contribution in [1.82, 2.24) is 20.2 Å². The summed E-state index contributed by atoms with van der Waals surface area (Å²) in [5.74, 6) is 0.571. The molecule has 9 nitrogen and oxygen atoms in total. The van der Waals surface area contributed by atoms with Crippen LogP contribution in [0.4, 0.5) is 11.4 Å². The van der Waals surface area contributed by atoms with Crippen LogP contribution in [0.25, 0.3) is 11.4 Å². The van der Waals surface area contributed by atoms with E-state index >= 15 is 0 Å². The topological polar surface area (TPSA) is 111 Å². The minimum absolute atomic E-state index is 0.146. The number of amides is 2. The van der Waals surface area contributed by atoms with E-state index in [9.17, 15) is 9.59 Å². The van der Waals surface area contributed by atoms with Crippen LogP contribution in [0.2, 0.25) is 0 Å². The Balaban J connectivity index is 1.54. The molecule has 0 bridgehead atoms. The standard InChI is InChI=1S/C18H18N6O3/c1-12(25)19-14-4-3-5-15(10-14)20-17(26)11-27-16-8-6-13(7-9-16)18-21-23-24(2)22-18/h3-10H,11H2,1-2H3,(H,19,25)(H,20,26). The minimum atomic E-state index is -0.311. The van der Waals surface area contributed by atoms with Crippen LogP contribution in [0, 0.1) is 0 Å². The van der Waals surface area contributed by atoms with Crippen molar-refractivity contribution in [3.63, 3.8) is 0 Å². The van der Waals surface area contributed by atoms with Crippen LogP contribution in [-0.4, -0.2) is 38.6 Å². The fraction of sp³-hybridized carbons (Fsp3) is 0.167. The highest BCUT2D eigenvalue weighted by Crippen LogP contribution is 2.19. The van der Waals surface area contributed by atoms with Gasteiger partial charge in [0, 0.05) is 23.9 Å². The number of carbonyl (C=O) groups is 2. The van der Waals surface area contributed by atoms with E-state index in [1.54, 1.807) is 55.6 Å². The number of hydrogen-bond donors (Lipinski definition) is 2. The summed E-state index contributed by atoms with van der Waals surface area (Å²) in [6, 6.07) is 13.9. The first-order chi connectivity index (χ1) is 13.0. The van der Waals surface area contributed by atoms with Gasteiger partial charge in [0.15, 0.2) is 6.61 Å². The zero-order chi connectivity index (χ0) is 19.2. The lowest BCUT2D eigenvalue weighted by atomic mass is 10.2. The Morgan fingerprint density at radius 2 is 1.78 bits per heavy atom. The Labute approximate surface area is 155 Å². The summed E-state index contributed by atoms with van der Waals surface area (Å²) in [6.07, 6.45) is 0. The van der Waals surface area contributed by atoms with Crippen LogP contribution >= 0.6 is 0 Å². The first kappa shape index (κ1) is 18.1. The molecule has 0 saturated heterocycles. The van der Waals surface area contributed by atoms with Gasteiger partial charge < -0.3 is 15.4 Å². The number of nitrogens with one attached hydrogen (secondary N) is 2. The van der Waals surface area contributed by atoms with Gasteiger partial charge >= 0.3 is 0 Å². The second kappa shape index (κ2) is 8.09. The Hall–Kier alpha value is -3.75. The summed E-state index contributed by atoms with van der Waals surface area (Å²) in [5.41, 5.74) is 1.98. The number of ether oxygens (including phenoxy) is 1. The second-order valence-electron chi connectivity index (χ2n) is 5.73. The first-order valence-corrected chi connectivity index (χ1v) is 8.14. The van der Waals surface area contributed by atoms with E-state index in [1.165, 1.54) is 11.7 Å². The maximum Gasteiger partial charge on any atom is 0.262 e. The van der Waals surface area contributed by atoms with E-state index < -0.39 is 0 Å². The van der Waals surface area contributed by atoms with Crippen LogP contribution in [0.3, 0.4) is 0 Å². The number of tetrazole rings is 1. The second-order valence-corrected chi connectivity index (χ2v) is 5.73. The quantitative estimate of drug-likeness (QED) is 0.689. The molecule has 3 aromatic rings. The number of anilines is 2. The van der Waals surface area contributed by atoms with Gasteiger partial charge in [-0.15, -0.1) is 10.2 Å². The summed E-state index contributed by atoms with van der Waals surface area (Å²) in [5, 5.41) is 17.2. The Bertz CT molecular complexity index is 952. The zero-order valence-electron chi connectivity index (χ0n) is 14.8. The molecule has 1 aromatic heterocycles. The Morgan fingerprint density at radius 3 is 2.41 bits per heavy atom. The fourth-order valence-electron chi connectivity index (χ4n) is 2.32. The fourth-order valence-corrected chi connectivity index (χ4v) is 2.32. The van der Waals surface area contributed by atoms with Crippen LogP contribution in [0.5, 0.6) is 5.75 Å². The molecule has 0 spiro atoms. The van der Waals surface area contributed by atoms with Gasteiger partial charge in [-0.2, -0.15) is 4.80 Å². The monoisotopic (exact) mass is 366 g/mol. The third-order valence-electron chi connectivity index (χ3n) is 3.46. The highest BCUT2D eigenvalue weighted by Gasteiger charge is 2.07. The largest absolute Gasteiger partial charge is 0.484 e. The van der Waals surface area contributed by atoms with Gasteiger partial charge in [0.05, 0.1) is 7.05 Å². The number of benzene rings is 2. The van der Waals surface area contributed by atoms with Crippen molar-refractivity contribution in [2.75, 3.05) is 17.2 Å². The number of hydrogen-bond acceptors (Lipinski definition) is 6. The number of carbonyl (C=O) groups excluding carboxylic acids is 2. The summed E-state index contributed by atoms with van der Waals surface area (Å²) in [6.45, 7) is 1.28.